The molecule has 2 heterocycles. The number of likely N-dealkylation sites (tertiary alicyclic amines) is 1. The molecule has 120 valence electrons. The largest absolute Gasteiger partial charge is 0.336 e. The van der Waals surface area contributed by atoms with Gasteiger partial charge in [0.25, 0.3) is 0 Å². The van der Waals surface area contributed by atoms with Crippen LogP contribution in [0.25, 0.3) is 0 Å². The van der Waals surface area contributed by atoms with Gasteiger partial charge in [-0.25, -0.2) is 8.78 Å². The van der Waals surface area contributed by atoms with E-state index in [2.05, 4.69) is 0 Å². The summed E-state index contributed by atoms with van der Waals surface area (Å²) in [4.78, 5) is 14.5. The molecule has 2 aliphatic heterocycles. The average Bonchev–Trinajstić information content (AvgIpc) is 3.01. The molecule has 1 atom stereocenters. The van der Waals surface area contributed by atoms with Crippen LogP contribution in [0.1, 0.15) is 43.7 Å². The quantitative estimate of drug-likeness (QED) is 0.831. The number of carbonyl (C=O) groups excluding carboxylic acids is 1. The third-order valence-electron chi connectivity index (χ3n) is 4.71. The molecule has 0 aliphatic carbocycles. The molecule has 1 amide bonds. The van der Waals surface area contributed by atoms with E-state index in [4.69, 9.17) is 0 Å². The predicted octanol–water partition coefficient (Wildman–Crippen LogP) is 4.16. The van der Waals surface area contributed by atoms with Gasteiger partial charge in [-0.05, 0) is 60.8 Å². The third-order valence-corrected chi connectivity index (χ3v) is 5.75. The fourth-order valence-corrected chi connectivity index (χ4v) is 4.65. The highest BCUT2D eigenvalue weighted by atomic mass is 32.2. The van der Waals surface area contributed by atoms with E-state index in [1.807, 2.05) is 16.7 Å². The number of thioether (sulfide) groups is 1. The lowest BCUT2D eigenvalue weighted by Gasteiger charge is -2.28. The van der Waals surface area contributed by atoms with E-state index in [1.165, 1.54) is 6.07 Å². The van der Waals surface area contributed by atoms with Crippen LogP contribution in [-0.2, 0) is 4.79 Å². The molecule has 5 heteroatoms. The molecular formula is C17H21F2NOS. The molecule has 0 N–H and O–H groups in total. The van der Waals surface area contributed by atoms with Crippen molar-refractivity contribution in [1.29, 1.82) is 0 Å². The van der Waals surface area contributed by atoms with Gasteiger partial charge in [-0.2, -0.15) is 11.8 Å². The molecule has 2 aliphatic rings. The molecule has 0 saturated carbocycles. The van der Waals surface area contributed by atoms with Crippen molar-refractivity contribution in [2.24, 2.45) is 5.92 Å². The second kappa shape index (κ2) is 6.99. The van der Waals surface area contributed by atoms with E-state index in [-0.39, 0.29) is 11.9 Å². The number of hydrogen-bond acceptors (Lipinski definition) is 2. The van der Waals surface area contributed by atoms with E-state index < -0.39 is 11.6 Å². The summed E-state index contributed by atoms with van der Waals surface area (Å²) >= 11 is 1.96. The summed E-state index contributed by atoms with van der Waals surface area (Å²) < 4.78 is 26.5. The van der Waals surface area contributed by atoms with Crippen LogP contribution in [0.5, 0.6) is 0 Å². The minimum atomic E-state index is -0.834. The Bertz CT molecular complexity index is 545. The molecule has 0 radical (unpaired) electrons. The zero-order valence-corrected chi connectivity index (χ0v) is 13.4. The Hall–Kier alpha value is -1.10. The Labute approximate surface area is 134 Å². The number of benzene rings is 1. The van der Waals surface area contributed by atoms with Gasteiger partial charge in [0.2, 0.25) is 5.91 Å². The number of nitrogens with zero attached hydrogens (tertiary/aromatic N) is 1. The highest BCUT2D eigenvalue weighted by Crippen LogP contribution is 2.34. The first kappa shape index (κ1) is 15.8. The summed E-state index contributed by atoms with van der Waals surface area (Å²) in [5.74, 6) is 1.28. The van der Waals surface area contributed by atoms with Crippen molar-refractivity contribution in [3.05, 3.63) is 35.4 Å². The van der Waals surface area contributed by atoms with Gasteiger partial charge in [-0.3, -0.25) is 4.79 Å². The first-order valence-corrected chi connectivity index (χ1v) is 9.13. The molecule has 0 aromatic heterocycles. The van der Waals surface area contributed by atoms with Gasteiger partial charge < -0.3 is 4.90 Å². The van der Waals surface area contributed by atoms with Crippen LogP contribution in [-0.4, -0.2) is 28.9 Å². The molecule has 2 nitrogen and oxygen atoms in total. The highest BCUT2D eigenvalue weighted by Gasteiger charge is 2.31. The first-order chi connectivity index (χ1) is 10.6. The molecule has 1 aromatic rings. The Morgan fingerprint density at radius 1 is 1.18 bits per heavy atom. The third kappa shape index (κ3) is 3.45. The smallest absolute Gasteiger partial charge is 0.223 e. The molecule has 2 saturated heterocycles. The van der Waals surface area contributed by atoms with Gasteiger partial charge in [0, 0.05) is 13.0 Å². The Morgan fingerprint density at radius 2 is 1.95 bits per heavy atom. The number of carbonyl (C=O) groups is 1. The van der Waals surface area contributed by atoms with E-state index in [0.717, 1.165) is 49.8 Å². The van der Waals surface area contributed by atoms with Crippen molar-refractivity contribution in [3.63, 3.8) is 0 Å². The van der Waals surface area contributed by atoms with Crippen molar-refractivity contribution < 1.29 is 13.6 Å². The normalized spacial score (nSPS) is 23.0. The zero-order chi connectivity index (χ0) is 15.5. The van der Waals surface area contributed by atoms with Crippen molar-refractivity contribution in [3.8, 4) is 0 Å². The molecule has 22 heavy (non-hydrogen) atoms. The molecule has 0 spiro atoms. The van der Waals surface area contributed by atoms with Gasteiger partial charge >= 0.3 is 0 Å². The number of halogens is 2. The summed E-state index contributed by atoms with van der Waals surface area (Å²) in [6.45, 7) is 0.726. The van der Waals surface area contributed by atoms with E-state index in [9.17, 15) is 13.6 Å². The molecule has 0 unspecified atom stereocenters. The standard InChI is InChI=1S/C17H21F2NOS/c18-14-4-3-13(11-15(14)19)16-2-1-7-20(16)17(21)10-12-5-8-22-9-6-12/h3-4,11-12,16H,1-2,5-10H2/t16-/m1/s1. The van der Waals surface area contributed by atoms with E-state index in [1.54, 1.807) is 6.07 Å². The Morgan fingerprint density at radius 3 is 2.68 bits per heavy atom. The summed E-state index contributed by atoms with van der Waals surface area (Å²) in [6.07, 6.45) is 4.58. The maximum atomic E-state index is 13.5. The van der Waals surface area contributed by atoms with Gasteiger partial charge in [-0.15, -0.1) is 0 Å². The minimum Gasteiger partial charge on any atom is -0.336 e. The number of hydrogen-bond donors (Lipinski definition) is 0. The van der Waals surface area contributed by atoms with Crippen LogP contribution in [0.3, 0.4) is 0 Å². The lowest BCUT2D eigenvalue weighted by Crippen LogP contribution is -2.32. The highest BCUT2D eigenvalue weighted by molar-refractivity contribution is 7.99. The minimum absolute atomic E-state index is 0.0967. The number of rotatable bonds is 3. The van der Waals surface area contributed by atoms with E-state index in [0.29, 0.717) is 17.9 Å². The molecule has 0 bridgehead atoms. The Balaban J connectivity index is 1.69. The van der Waals surface area contributed by atoms with Crippen LogP contribution in [0.15, 0.2) is 18.2 Å². The lowest BCUT2D eigenvalue weighted by atomic mass is 9.97. The van der Waals surface area contributed by atoms with Gasteiger partial charge in [-0.1, -0.05) is 6.07 Å². The fourth-order valence-electron chi connectivity index (χ4n) is 3.45. The molecule has 2 fully saturated rings. The van der Waals surface area contributed by atoms with Crippen LogP contribution < -0.4 is 0 Å². The van der Waals surface area contributed by atoms with Crippen LogP contribution in [0, 0.1) is 17.6 Å². The maximum Gasteiger partial charge on any atom is 0.223 e. The topological polar surface area (TPSA) is 20.3 Å². The van der Waals surface area contributed by atoms with Gasteiger partial charge in [0.1, 0.15) is 0 Å². The lowest BCUT2D eigenvalue weighted by molar-refractivity contribution is -0.133. The second-order valence-corrected chi connectivity index (χ2v) is 7.40. The summed E-state index contributed by atoms with van der Waals surface area (Å²) in [7, 11) is 0. The summed E-state index contributed by atoms with van der Waals surface area (Å²) in [5, 5.41) is 0. The van der Waals surface area contributed by atoms with Crippen LogP contribution in [0.2, 0.25) is 0 Å². The van der Waals surface area contributed by atoms with Gasteiger partial charge in [0.05, 0.1) is 6.04 Å². The monoisotopic (exact) mass is 325 g/mol. The molecular weight excluding hydrogens is 304 g/mol. The second-order valence-electron chi connectivity index (χ2n) is 6.18. The van der Waals surface area contributed by atoms with Crippen LogP contribution in [0.4, 0.5) is 8.78 Å². The van der Waals surface area contributed by atoms with Crippen LogP contribution >= 0.6 is 11.8 Å². The fraction of sp³-hybridized carbons (Fsp3) is 0.588. The van der Waals surface area contributed by atoms with Crippen molar-refractivity contribution >= 4 is 17.7 Å². The van der Waals surface area contributed by atoms with E-state index >= 15 is 0 Å². The molecule has 1 aromatic carbocycles. The predicted molar refractivity (Wildman–Crippen MR) is 84.7 cm³/mol. The zero-order valence-electron chi connectivity index (χ0n) is 12.6. The Kier molecular flexibility index (Phi) is 5.01. The summed E-state index contributed by atoms with van der Waals surface area (Å²) in [5.41, 5.74) is 0.712. The maximum absolute atomic E-state index is 13.5. The first-order valence-electron chi connectivity index (χ1n) is 7.97. The van der Waals surface area contributed by atoms with Crippen molar-refractivity contribution in [1.82, 2.24) is 4.90 Å². The van der Waals surface area contributed by atoms with Crippen molar-refractivity contribution in [2.45, 2.75) is 38.1 Å². The summed E-state index contributed by atoms with van der Waals surface area (Å²) in [6, 6.07) is 3.90. The average molecular weight is 325 g/mol. The van der Waals surface area contributed by atoms with Gasteiger partial charge in [0.15, 0.2) is 11.6 Å². The number of amides is 1. The van der Waals surface area contributed by atoms with Crippen molar-refractivity contribution in [2.75, 3.05) is 18.1 Å². The SMILES string of the molecule is O=C(CC1CCSCC1)N1CCC[C@@H]1c1ccc(F)c(F)c1. The molecule has 3 rings (SSSR count).